The lowest BCUT2D eigenvalue weighted by Crippen LogP contribution is -2.44. The highest BCUT2D eigenvalue weighted by atomic mass is 16.6. The molecule has 0 radical (unpaired) electrons. The summed E-state index contributed by atoms with van der Waals surface area (Å²) in [6, 6.07) is 6.75. The van der Waals surface area contributed by atoms with Gasteiger partial charge in [-0.3, -0.25) is 10.1 Å². The summed E-state index contributed by atoms with van der Waals surface area (Å²) in [6.45, 7) is 8.34. The van der Waals surface area contributed by atoms with Crippen LogP contribution in [0.5, 0.6) is 0 Å². The van der Waals surface area contributed by atoms with Gasteiger partial charge in [0.2, 0.25) is 0 Å². The number of hydrogen-bond acceptors (Lipinski definition) is 4. The predicted molar refractivity (Wildman–Crippen MR) is 96.2 cm³/mol. The third-order valence-electron chi connectivity index (χ3n) is 3.75. The predicted octanol–water partition coefficient (Wildman–Crippen LogP) is 2.71. The van der Waals surface area contributed by atoms with E-state index in [0.717, 1.165) is 24.5 Å². The number of benzene rings is 1. The molecule has 134 valence electrons. The van der Waals surface area contributed by atoms with Crippen LogP contribution in [0.25, 0.3) is 0 Å². The molecule has 2 N–H and O–H groups in total. The van der Waals surface area contributed by atoms with Gasteiger partial charge in [0.1, 0.15) is 0 Å². The van der Waals surface area contributed by atoms with Crippen molar-refractivity contribution < 1.29 is 9.66 Å². The van der Waals surface area contributed by atoms with E-state index in [1.165, 1.54) is 12.1 Å². The summed E-state index contributed by atoms with van der Waals surface area (Å²) in [6.07, 6.45) is 0.894. The molecule has 1 rings (SSSR count). The highest BCUT2D eigenvalue weighted by Crippen LogP contribution is 2.12. The van der Waals surface area contributed by atoms with Gasteiger partial charge < -0.3 is 15.4 Å². The van der Waals surface area contributed by atoms with Crippen LogP contribution in [-0.4, -0.2) is 37.2 Å². The van der Waals surface area contributed by atoms with E-state index in [1.54, 1.807) is 19.2 Å². The average molecular weight is 336 g/mol. The van der Waals surface area contributed by atoms with Crippen LogP contribution >= 0.6 is 0 Å². The van der Waals surface area contributed by atoms with Crippen LogP contribution in [0.15, 0.2) is 29.3 Å². The van der Waals surface area contributed by atoms with Crippen molar-refractivity contribution >= 4 is 11.6 Å². The van der Waals surface area contributed by atoms with Crippen LogP contribution in [-0.2, 0) is 11.3 Å². The normalized spacial score (nSPS) is 13.0. The number of nitrogens with one attached hydrogen (secondary N) is 2. The number of aliphatic imine (C=N–C) groups is 1. The van der Waals surface area contributed by atoms with Gasteiger partial charge in [-0.2, -0.15) is 0 Å². The van der Waals surface area contributed by atoms with E-state index in [9.17, 15) is 10.1 Å². The number of nitrogens with zero attached hydrogens (tertiary/aromatic N) is 2. The molecule has 0 spiro atoms. The Morgan fingerprint density at radius 3 is 2.50 bits per heavy atom. The molecule has 0 saturated heterocycles. The first-order chi connectivity index (χ1) is 11.4. The van der Waals surface area contributed by atoms with Gasteiger partial charge in [-0.05, 0) is 24.8 Å². The Balaban J connectivity index is 2.68. The number of non-ortho nitro benzene ring substituents is 1. The summed E-state index contributed by atoms with van der Waals surface area (Å²) in [5.41, 5.74) is 1.02. The molecule has 0 fully saturated rings. The summed E-state index contributed by atoms with van der Waals surface area (Å²) < 4.78 is 5.05. The number of rotatable bonds is 9. The Bertz CT molecular complexity index is 529. The van der Waals surface area contributed by atoms with E-state index in [1.807, 2.05) is 0 Å². The molecule has 0 heterocycles. The van der Waals surface area contributed by atoms with E-state index in [0.29, 0.717) is 19.1 Å². The first kappa shape index (κ1) is 19.9. The van der Waals surface area contributed by atoms with Crippen molar-refractivity contribution in [2.45, 2.75) is 39.8 Å². The molecule has 0 aliphatic carbocycles. The first-order valence-corrected chi connectivity index (χ1v) is 8.21. The SMILES string of the molecule is COCCCNC(=NCc1ccc([N+](=O)[O-])cc1)NC(C)C(C)C. The third-order valence-corrected chi connectivity index (χ3v) is 3.75. The molecule has 0 amide bonds. The second kappa shape index (κ2) is 10.6. The number of nitro groups is 1. The number of hydrogen-bond donors (Lipinski definition) is 2. The van der Waals surface area contributed by atoms with Gasteiger partial charge in [-0.1, -0.05) is 26.0 Å². The molecular weight excluding hydrogens is 308 g/mol. The van der Waals surface area contributed by atoms with E-state index in [2.05, 4.69) is 36.4 Å². The monoisotopic (exact) mass is 336 g/mol. The molecule has 1 aromatic carbocycles. The highest BCUT2D eigenvalue weighted by molar-refractivity contribution is 5.80. The maximum absolute atomic E-state index is 10.7. The van der Waals surface area contributed by atoms with Gasteiger partial charge in [-0.15, -0.1) is 0 Å². The summed E-state index contributed by atoms with van der Waals surface area (Å²) in [4.78, 5) is 14.9. The maximum Gasteiger partial charge on any atom is 0.269 e. The standard InChI is InChI=1S/C17H28N4O3/c1-13(2)14(3)20-17(18-10-5-11-24-4)19-12-15-6-8-16(9-7-15)21(22)23/h6-9,13-14H,5,10-12H2,1-4H3,(H2,18,19,20). The molecule has 0 aliphatic heterocycles. The fourth-order valence-electron chi connectivity index (χ4n) is 1.85. The lowest BCUT2D eigenvalue weighted by atomic mass is 10.1. The molecule has 0 aromatic heterocycles. The Morgan fingerprint density at radius 2 is 1.96 bits per heavy atom. The zero-order chi connectivity index (χ0) is 17.9. The lowest BCUT2D eigenvalue weighted by molar-refractivity contribution is -0.384. The zero-order valence-corrected chi connectivity index (χ0v) is 14.9. The summed E-state index contributed by atoms with van der Waals surface area (Å²) in [5.74, 6) is 1.22. The van der Waals surface area contributed by atoms with Crippen molar-refractivity contribution in [3.8, 4) is 0 Å². The Labute approximate surface area is 143 Å². The smallest absolute Gasteiger partial charge is 0.269 e. The van der Waals surface area contributed by atoms with Gasteiger partial charge in [0, 0.05) is 38.4 Å². The Kier molecular flexibility index (Phi) is 8.78. The molecular formula is C17H28N4O3. The van der Waals surface area contributed by atoms with E-state index in [4.69, 9.17) is 4.74 Å². The molecule has 0 bridgehead atoms. The number of nitro benzene ring substituents is 1. The second-order valence-electron chi connectivity index (χ2n) is 6.04. The lowest BCUT2D eigenvalue weighted by Gasteiger charge is -2.21. The van der Waals surface area contributed by atoms with E-state index >= 15 is 0 Å². The molecule has 0 aliphatic rings. The number of ether oxygens (including phenoxy) is 1. The summed E-state index contributed by atoms with van der Waals surface area (Å²) in [7, 11) is 1.68. The molecule has 1 atom stereocenters. The van der Waals surface area contributed by atoms with Crippen molar-refractivity contribution in [1.29, 1.82) is 0 Å². The molecule has 0 saturated carbocycles. The van der Waals surface area contributed by atoms with Crippen LogP contribution in [0.1, 0.15) is 32.8 Å². The summed E-state index contributed by atoms with van der Waals surface area (Å²) >= 11 is 0. The highest BCUT2D eigenvalue weighted by Gasteiger charge is 2.09. The Morgan fingerprint density at radius 1 is 1.29 bits per heavy atom. The van der Waals surface area contributed by atoms with Crippen molar-refractivity contribution in [3.63, 3.8) is 0 Å². The van der Waals surface area contributed by atoms with Gasteiger partial charge in [0.25, 0.3) is 5.69 Å². The molecule has 7 heteroatoms. The largest absolute Gasteiger partial charge is 0.385 e. The molecule has 1 aromatic rings. The van der Waals surface area contributed by atoms with Gasteiger partial charge in [0.15, 0.2) is 5.96 Å². The minimum Gasteiger partial charge on any atom is -0.385 e. The van der Waals surface area contributed by atoms with Crippen LogP contribution in [0.4, 0.5) is 5.69 Å². The zero-order valence-electron chi connectivity index (χ0n) is 14.9. The molecule has 7 nitrogen and oxygen atoms in total. The molecule has 24 heavy (non-hydrogen) atoms. The number of guanidine groups is 1. The fourth-order valence-corrected chi connectivity index (χ4v) is 1.85. The second-order valence-corrected chi connectivity index (χ2v) is 6.04. The van der Waals surface area contributed by atoms with Crippen LogP contribution in [0, 0.1) is 16.0 Å². The number of methoxy groups -OCH3 is 1. The van der Waals surface area contributed by atoms with E-state index in [-0.39, 0.29) is 11.7 Å². The van der Waals surface area contributed by atoms with Gasteiger partial charge in [0.05, 0.1) is 11.5 Å². The van der Waals surface area contributed by atoms with Crippen molar-refractivity contribution in [3.05, 3.63) is 39.9 Å². The van der Waals surface area contributed by atoms with Crippen LogP contribution in [0.3, 0.4) is 0 Å². The molecule has 1 unspecified atom stereocenters. The van der Waals surface area contributed by atoms with Crippen molar-refractivity contribution in [2.24, 2.45) is 10.9 Å². The average Bonchev–Trinajstić information content (AvgIpc) is 2.56. The van der Waals surface area contributed by atoms with Crippen LogP contribution in [0.2, 0.25) is 0 Å². The maximum atomic E-state index is 10.7. The topological polar surface area (TPSA) is 88.8 Å². The van der Waals surface area contributed by atoms with E-state index < -0.39 is 4.92 Å². The first-order valence-electron chi connectivity index (χ1n) is 8.21. The van der Waals surface area contributed by atoms with Crippen LogP contribution < -0.4 is 10.6 Å². The van der Waals surface area contributed by atoms with Gasteiger partial charge in [-0.25, -0.2) is 4.99 Å². The van der Waals surface area contributed by atoms with Crippen molar-refractivity contribution in [1.82, 2.24) is 10.6 Å². The third kappa shape index (κ3) is 7.41. The minimum absolute atomic E-state index is 0.0900. The summed E-state index contributed by atoms with van der Waals surface area (Å²) in [5, 5.41) is 17.4. The quantitative estimate of drug-likeness (QED) is 0.238. The van der Waals surface area contributed by atoms with Gasteiger partial charge >= 0.3 is 0 Å². The fraction of sp³-hybridized carbons (Fsp3) is 0.588. The minimum atomic E-state index is -0.401. The van der Waals surface area contributed by atoms with Crippen molar-refractivity contribution in [2.75, 3.05) is 20.3 Å². The Hall–Kier alpha value is -2.15.